The van der Waals surface area contributed by atoms with Crippen LogP contribution in [-0.2, 0) is 13.0 Å². The Hall–Kier alpha value is -5.16. The number of carbonyl (C=O) groups is 1. The second-order valence-corrected chi connectivity index (χ2v) is 12.2. The minimum absolute atomic E-state index is 0.00118. The number of allylic oxidation sites excluding steroid dienone is 1. The molecule has 6 rings (SSSR count). The highest BCUT2D eigenvalue weighted by Crippen LogP contribution is 2.38. The predicted octanol–water partition coefficient (Wildman–Crippen LogP) is 4.71. The monoisotopic (exact) mass is 621 g/mol. The van der Waals surface area contributed by atoms with Crippen LogP contribution in [0.3, 0.4) is 0 Å². The maximum absolute atomic E-state index is 13.2. The summed E-state index contributed by atoms with van der Waals surface area (Å²) in [5.74, 6) is 0.847. The van der Waals surface area contributed by atoms with E-state index in [2.05, 4.69) is 26.2 Å². The largest absolute Gasteiger partial charge is 0.508 e. The molecule has 2 aliphatic heterocycles. The summed E-state index contributed by atoms with van der Waals surface area (Å²) >= 11 is 0. The van der Waals surface area contributed by atoms with Gasteiger partial charge in [-0.25, -0.2) is 9.56 Å². The Morgan fingerprint density at radius 3 is 2.22 bits per heavy atom. The molecule has 2 aliphatic rings. The fraction of sp³-hybridized carbons (Fsp3) is 0.314. The molecule has 0 atom stereocenters. The first kappa shape index (κ1) is 30.8. The van der Waals surface area contributed by atoms with Crippen LogP contribution in [0.1, 0.15) is 59.7 Å². The summed E-state index contributed by atoms with van der Waals surface area (Å²) in [6.07, 6.45) is 4.50. The van der Waals surface area contributed by atoms with E-state index in [1.807, 2.05) is 67.3 Å². The highest BCUT2D eigenvalue weighted by molar-refractivity contribution is 5.94. The lowest BCUT2D eigenvalue weighted by atomic mass is 9.98. The van der Waals surface area contributed by atoms with E-state index in [0.717, 1.165) is 50.2 Å². The first-order valence-corrected chi connectivity index (χ1v) is 15.6. The number of hydrogen-bond acceptors (Lipinski definition) is 9. The zero-order chi connectivity index (χ0) is 32.4. The summed E-state index contributed by atoms with van der Waals surface area (Å²) in [7, 11) is 0. The molecule has 1 amide bonds. The molecule has 46 heavy (non-hydrogen) atoms. The number of nitrogens with zero attached hydrogens (tertiary/aromatic N) is 6. The molecule has 3 heterocycles. The molecule has 4 aromatic rings. The molecule has 0 aliphatic carbocycles. The van der Waals surface area contributed by atoms with Gasteiger partial charge in [-0.1, -0.05) is 49.3 Å². The van der Waals surface area contributed by atoms with E-state index < -0.39 is 0 Å². The molecule has 0 unspecified atom stereocenters. The van der Waals surface area contributed by atoms with Gasteiger partial charge in [-0.2, -0.15) is 0 Å². The average molecular weight is 622 g/mol. The molecule has 0 radical (unpaired) electrons. The van der Waals surface area contributed by atoms with E-state index >= 15 is 0 Å². The predicted molar refractivity (Wildman–Crippen MR) is 176 cm³/mol. The topological polar surface area (TPSA) is 153 Å². The smallest absolute Gasteiger partial charge is 0.319 e. The summed E-state index contributed by atoms with van der Waals surface area (Å²) in [5.41, 5.74) is 11.4. The van der Waals surface area contributed by atoms with Crippen molar-refractivity contribution in [3.63, 3.8) is 0 Å². The number of aryl methyl sites for hydroxylation is 1. The molecule has 1 fully saturated rings. The van der Waals surface area contributed by atoms with Gasteiger partial charge in [0.15, 0.2) is 5.82 Å². The van der Waals surface area contributed by atoms with E-state index in [-0.39, 0.29) is 35.2 Å². The van der Waals surface area contributed by atoms with Crippen molar-refractivity contribution in [1.82, 2.24) is 24.6 Å². The quantitative estimate of drug-likeness (QED) is 0.210. The van der Waals surface area contributed by atoms with Crippen molar-refractivity contribution >= 4 is 11.7 Å². The molecule has 0 bridgehead atoms. The number of hydrogen-bond donors (Lipinski definition) is 4. The Bertz CT molecular complexity index is 1780. The average Bonchev–Trinajstić information content (AvgIpc) is 3.65. The van der Waals surface area contributed by atoms with Gasteiger partial charge in [0.1, 0.15) is 17.3 Å². The number of amidine groups is 1. The third-order valence-electron chi connectivity index (χ3n) is 8.62. The molecule has 3 aromatic carbocycles. The number of phenolic OH excluding ortho intramolecular Hbond substituents is 2. The third-order valence-corrected chi connectivity index (χ3v) is 8.62. The SMILES string of the molecule is CC(C)c1cc(-c2nnc(O)n2-c2ccc(CN3CCN(C(=O)c4ccc(CCC5=CCC(N)=N5)cc4)CC3)cc2)c(O)cc1O. The van der Waals surface area contributed by atoms with Gasteiger partial charge in [-0.3, -0.25) is 9.69 Å². The maximum Gasteiger partial charge on any atom is 0.319 e. The highest BCUT2D eigenvalue weighted by Gasteiger charge is 2.23. The molecule has 1 saturated heterocycles. The number of amides is 1. The highest BCUT2D eigenvalue weighted by atomic mass is 16.3. The number of piperazine rings is 1. The third kappa shape index (κ3) is 6.59. The Labute approximate surface area is 268 Å². The summed E-state index contributed by atoms with van der Waals surface area (Å²) < 4.78 is 1.47. The van der Waals surface area contributed by atoms with Crippen LogP contribution in [0.2, 0.25) is 0 Å². The molecule has 5 N–H and O–H groups in total. The van der Waals surface area contributed by atoms with Gasteiger partial charge in [-0.15, -0.1) is 5.10 Å². The van der Waals surface area contributed by atoms with Crippen LogP contribution < -0.4 is 5.73 Å². The number of aromatic hydroxyl groups is 3. The molecule has 11 heteroatoms. The zero-order valence-electron chi connectivity index (χ0n) is 26.1. The lowest BCUT2D eigenvalue weighted by molar-refractivity contribution is 0.0628. The fourth-order valence-corrected chi connectivity index (χ4v) is 5.97. The Balaban J connectivity index is 1.05. The first-order chi connectivity index (χ1) is 22.2. The van der Waals surface area contributed by atoms with Crippen molar-refractivity contribution in [2.45, 2.75) is 45.6 Å². The standard InChI is InChI=1S/C35H39N7O4/c1-22(2)28-19-29(31(44)20-30(28)43)33-38-39-35(46)42(33)27-12-6-24(7-13-27)21-40-15-17-41(18-16-40)34(45)25-8-3-23(4-9-25)5-10-26-11-14-32(36)37-26/h3-4,6-9,11-13,19-20,22,43-44H,5,10,14-18,21H2,1-2H3,(H2,36,37)(H,39,46). The maximum atomic E-state index is 13.2. The molecule has 0 saturated carbocycles. The molecule has 238 valence electrons. The van der Waals surface area contributed by atoms with Crippen molar-refractivity contribution in [2.24, 2.45) is 10.7 Å². The van der Waals surface area contributed by atoms with E-state index in [4.69, 9.17) is 5.73 Å². The number of carbonyl (C=O) groups excluding carboxylic acids is 1. The van der Waals surface area contributed by atoms with Crippen LogP contribution in [-0.4, -0.2) is 77.8 Å². The van der Waals surface area contributed by atoms with Crippen LogP contribution in [0.15, 0.2) is 77.4 Å². The first-order valence-electron chi connectivity index (χ1n) is 15.6. The van der Waals surface area contributed by atoms with Gasteiger partial charge in [0, 0.05) is 56.5 Å². The second kappa shape index (κ2) is 13.1. The second-order valence-electron chi connectivity index (χ2n) is 12.2. The van der Waals surface area contributed by atoms with E-state index in [9.17, 15) is 20.1 Å². The summed E-state index contributed by atoms with van der Waals surface area (Å²) in [5, 5.41) is 39.3. The number of rotatable bonds is 9. The summed E-state index contributed by atoms with van der Waals surface area (Å²) in [4.78, 5) is 21.8. The Morgan fingerprint density at radius 2 is 1.57 bits per heavy atom. The number of nitrogens with two attached hydrogens (primary N) is 1. The number of phenols is 2. The normalized spacial score (nSPS) is 15.3. The van der Waals surface area contributed by atoms with Crippen LogP contribution in [0.5, 0.6) is 17.5 Å². The number of aliphatic imine (C=N–C) groups is 1. The van der Waals surface area contributed by atoms with Gasteiger partial charge in [0.05, 0.1) is 11.3 Å². The van der Waals surface area contributed by atoms with Crippen molar-refractivity contribution in [3.8, 4) is 34.6 Å². The lowest BCUT2D eigenvalue weighted by Crippen LogP contribution is -2.48. The van der Waals surface area contributed by atoms with Gasteiger partial charge in [-0.05, 0) is 65.8 Å². The van der Waals surface area contributed by atoms with E-state index in [0.29, 0.717) is 41.3 Å². The van der Waals surface area contributed by atoms with E-state index in [1.165, 1.54) is 16.2 Å². The minimum atomic E-state index is -0.307. The van der Waals surface area contributed by atoms with Gasteiger partial charge < -0.3 is 26.0 Å². The van der Waals surface area contributed by atoms with Crippen molar-refractivity contribution in [1.29, 1.82) is 0 Å². The Kier molecular flexibility index (Phi) is 8.76. The van der Waals surface area contributed by atoms with Crippen LogP contribution in [0.25, 0.3) is 17.1 Å². The molecule has 1 aromatic heterocycles. The van der Waals surface area contributed by atoms with Crippen LogP contribution >= 0.6 is 0 Å². The van der Waals surface area contributed by atoms with E-state index in [1.54, 1.807) is 6.07 Å². The minimum Gasteiger partial charge on any atom is -0.508 e. The van der Waals surface area contributed by atoms with Crippen molar-refractivity contribution < 1.29 is 20.1 Å². The molecule has 0 spiro atoms. The Morgan fingerprint density at radius 1 is 0.870 bits per heavy atom. The lowest BCUT2D eigenvalue weighted by Gasteiger charge is -2.34. The molecular weight excluding hydrogens is 582 g/mol. The van der Waals surface area contributed by atoms with Gasteiger partial charge >= 0.3 is 6.01 Å². The fourth-order valence-electron chi connectivity index (χ4n) is 5.97. The van der Waals surface area contributed by atoms with Gasteiger partial charge in [0.25, 0.3) is 5.91 Å². The van der Waals surface area contributed by atoms with Crippen molar-refractivity contribution in [3.05, 3.63) is 94.7 Å². The number of benzene rings is 3. The van der Waals surface area contributed by atoms with Gasteiger partial charge in [0.2, 0.25) is 0 Å². The van der Waals surface area contributed by atoms with Crippen molar-refractivity contribution in [2.75, 3.05) is 26.2 Å². The number of aromatic nitrogens is 3. The molecule has 11 nitrogen and oxygen atoms in total. The summed E-state index contributed by atoms with van der Waals surface area (Å²) in [6, 6.07) is 18.2. The van der Waals surface area contributed by atoms with Crippen LogP contribution in [0.4, 0.5) is 0 Å². The van der Waals surface area contributed by atoms with Crippen LogP contribution in [0, 0.1) is 0 Å². The zero-order valence-corrected chi connectivity index (χ0v) is 26.1. The summed E-state index contributed by atoms with van der Waals surface area (Å²) in [6.45, 7) is 7.44. The molecular formula is C35H39N7O4.